The molecule has 0 aromatic heterocycles. The summed E-state index contributed by atoms with van der Waals surface area (Å²) in [6.07, 6.45) is 2.33. The molecule has 1 heterocycles. The molecule has 28 heavy (non-hydrogen) atoms. The van der Waals surface area contributed by atoms with Crippen LogP contribution in [0.3, 0.4) is 0 Å². The van der Waals surface area contributed by atoms with Gasteiger partial charge in [-0.25, -0.2) is 0 Å². The molecule has 3 aromatic rings. The third-order valence-corrected chi connectivity index (χ3v) is 5.28. The molecule has 0 radical (unpaired) electrons. The first-order valence-electron chi connectivity index (χ1n) is 9.81. The van der Waals surface area contributed by atoms with Gasteiger partial charge in [0.25, 0.3) is 5.91 Å². The molecule has 1 N–H and O–H groups in total. The Hall–Kier alpha value is -3.14. The molecule has 0 saturated carbocycles. The number of aryl methyl sites for hydroxylation is 1. The average Bonchev–Trinajstić information content (AvgIpc) is 2.97. The Morgan fingerprint density at radius 2 is 1.82 bits per heavy atom. The molecule has 0 unspecified atom stereocenters. The summed E-state index contributed by atoms with van der Waals surface area (Å²) in [5.41, 5.74) is 4.57. The summed E-state index contributed by atoms with van der Waals surface area (Å²) < 4.78 is 0. The van der Waals surface area contributed by atoms with Gasteiger partial charge in [-0.05, 0) is 37.1 Å². The zero-order valence-electron chi connectivity index (χ0n) is 16.3. The summed E-state index contributed by atoms with van der Waals surface area (Å²) in [5, 5.41) is 4.89. The number of carbonyl (C=O) groups is 2. The number of amides is 2. The molecule has 0 bridgehead atoms. The third kappa shape index (κ3) is 3.26. The number of benzene rings is 3. The lowest BCUT2D eigenvalue weighted by Gasteiger charge is -2.17. The Bertz CT molecular complexity index is 1050. The molecule has 142 valence electrons. The van der Waals surface area contributed by atoms with Gasteiger partial charge in [-0.15, -0.1) is 0 Å². The van der Waals surface area contributed by atoms with Gasteiger partial charge >= 0.3 is 0 Å². The van der Waals surface area contributed by atoms with Crippen LogP contribution in [0, 0.1) is 6.92 Å². The van der Waals surface area contributed by atoms with E-state index in [0.29, 0.717) is 6.42 Å². The topological polar surface area (TPSA) is 49.4 Å². The molecular weight excluding hydrogens is 348 g/mol. The summed E-state index contributed by atoms with van der Waals surface area (Å²) in [4.78, 5) is 27.3. The van der Waals surface area contributed by atoms with Crippen LogP contribution in [-0.4, -0.2) is 18.4 Å². The Morgan fingerprint density at radius 1 is 1.04 bits per heavy atom. The molecule has 1 aliphatic rings. The quantitative estimate of drug-likeness (QED) is 0.655. The second-order valence-corrected chi connectivity index (χ2v) is 7.38. The van der Waals surface area contributed by atoms with Crippen LogP contribution >= 0.6 is 0 Å². The van der Waals surface area contributed by atoms with Crippen molar-refractivity contribution in [2.75, 3.05) is 16.8 Å². The highest BCUT2D eigenvalue weighted by molar-refractivity contribution is 6.27. The lowest BCUT2D eigenvalue weighted by molar-refractivity contribution is -0.115. The molecule has 3 aromatic carbocycles. The van der Waals surface area contributed by atoms with Crippen molar-refractivity contribution in [3.63, 3.8) is 0 Å². The first kappa shape index (κ1) is 18.2. The number of hydrogen-bond donors (Lipinski definition) is 1. The van der Waals surface area contributed by atoms with Crippen LogP contribution in [0.15, 0.2) is 54.6 Å². The Kier molecular flexibility index (Phi) is 4.86. The van der Waals surface area contributed by atoms with Crippen LogP contribution in [0.25, 0.3) is 10.8 Å². The number of unbranched alkanes of at least 4 members (excludes halogenated alkanes) is 1. The maximum atomic E-state index is 12.8. The summed E-state index contributed by atoms with van der Waals surface area (Å²) in [5.74, 6) is -0.00565. The molecular formula is C24H24N2O2. The van der Waals surface area contributed by atoms with Gasteiger partial charge in [-0.1, -0.05) is 55.3 Å². The van der Waals surface area contributed by atoms with Gasteiger partial charge < -0.3 is 10.2 Å². The van der Waals surface area contributed by atoms with E-state index in [9.17, 15) is 9.59 Å². The molecule has 1 aliphatic heterocycles. The number of rotatable bonds is 6. The lowest BCUT2D eigenvalue weighted by atomic mass is 10.0. The standard InChI is InChI=1S/C24H24N2O2/c1-3-4-14-26-21-13-12-20(18-6-5-7-19(23(18)21)24(26)28)25-22(27)15-17-10-8-16(2)9-11-17/h5-13H,3-4,14-15H2,1-2H3,(H,25,27). The highest BCUT2D eigenvalue weighted by Crippen LogP contribution is 2.40. The lowest BCUT2D eigenvalue weighted by Crippen LogP contribution is -2.27. The van der Waals surface area contributed by atoms with E-state index in [2.05, 4.69) is 12.2 Å². The van der Waals surface area contributed by atoms with Gasteiger partial charge in [0, 0.05) is 28.6 Å². The van der Waals surface area contributed by atoms with E-state index in [1.807, 2.05) is 66.4 Å². The maximum Gasteiger partial charge on any atom is 0.258 e. The van der Waals surface area contributed by atoms with Crippen molar-refractivity contribution >= 4 is 34.0 Å². The molecule has 2 amide bonds. The highest BCUT2D eigenvalue weighted by Gasteiger charge is 2.30. The van der Waals surface area contributed by atoms with Crippen LogP contribution in [0.5, 0.6) is 0 Å². The van der Waals surface area contributed by atoms with E-state index in [-0.39, 0.29) is 11.8 Å². The minimum absolute atomic E-state index is 0.0529. The van der Waals surface area contributed by atoms with Crippen LogP contribution < -0.4 is 10.2 Å². The van der Waals surface area contributed by atoms with Crippen LogP contribution in [0.4, 0.5) is 11.4 Å². The van der Waals surface area contributed by atoms with E-state index < -0.39 is 0 Å². The average molecular weight is 372 g/mol. The Balaban J connectivity index is 1.63. The van der Waals surface area contributed by atoms with Crippen molar-refractivity contribution in [2.45, 2.75) is 33.1 Å². The monoisotopic (exact) mass is 372 g/mol. The molecule has 4 heteroatoms. The first-order chi connectivity index (χ1) is 13.6. The van der Waals surface area contributed by atoms with Crippen molar-refractivity contribution in [3.8, 4) is 0 Å². The molecule has 0 saturated heterocycles. The fourth-order valence-corrected chi connectivity index (χ4v) is 3.78. The number of hydrogen-bond acceptors (Lipinski definition) is 2. The predicted octanol–water partition coefficient (Wildman–Crippen LogP) is 5.09. The number of nitrogens with one attached hydrogen (secondary N) is 1. The predicted molar refractivity (Wildman–Crippen MR) is 114 cm³/mol. The fourth-order valence-electron chi connectivity index (χ4n) is 3.78. The van der Waals surface area contributed by atoms with Gasteiger partial charge in [0.15, 0.2) is 0 Å². The molecule has 0 spiro atoms. The SMILES string of the molecule is CCCCN1C(=O)c2cccc3c(NC(=O)Cc4ccc(C)cc4)ccc1c23. The molecule has 0 aliphatic carbocycles. The van der Waals surface area contributed by atoms with Crippen molar-refractivity contribution in [1.82, 2.24) is 0 Å². The van der Waals surface area contributed by atoms with Crippen molar-refractivity contribution in [2.24, 2.45) is 0 Å². The number of anilines is 2. The number of nitrogens with zero attached hydrogens (tertiary/aromatic N) is 1. The van der Waals surface area contributed by atoms with Crippen molar-refractivity contribution in [3.05, 3.63) is 71.3 Å². The van der Waals surface area contributed by atoms with Crippen molar-refractivity contribution in [1.29, 1.82) is 0 Å². The van der Waals surface area contributed by atoms with Crippen LogP contribution in [0.1, 0.15) is 41.3 Å². The van der Waals surface area contributed by atoms with Gasteiger partial charge in [0.2, 0.25) is 5.91 Å². The Morgan fingerprint density at radius 3 is 2.57 bits per heavy atom. The van der Waals surface area contributed by atoms with E-state index in [1.54, 1.807) is 0 Å². The molecule has 4 nitrogen and oxygen atoms in total. The third-order valence-electron chi connectivity index (χ3n) is 5.28. The van der Waals surface area contributed by atoms with Gasteiger partial charge in [-0.2, -0.15) is 0 Å². The molecule has 0 atom stereocenters. The molecule has 0 fully saturated rings. The van der Waals surface area contributed by atoms with E-state index >= 15 is 0 Å². The molecule has 4 rings (SSSR count). The van der Waals surface area contributed by atoms with Crippen LogP contribution in [0.2, 0.25) is 0 Å². The van der Waals surface area contributed by atoms with E-state index in [0.717, 1.165) is 52.7 Å². The zero-order chi connectivity index (χ0) is 19.7. The second kappa shape index (κ2) is 7.47. The van der Waals surface area contributed by atoms with Gasteiger partial charge in [-0.3, -0.25) is 9.59 Å². The van der Waals surface area contributed by atoms with Crippen LogP contribution in [-0.2, 0) is 11.2 Å². The minimum Gasteiger partial charge on any atom is -0.325 e. The summed E-state index contributed by atoms with van der Waals surface area (Å²) in [6, 6.07) is 17.6. The smallest absolute Gasteiger partial charge is 0.258 e. The first-order valence-corrected chi connectivity index (χ1v) is 9.81. The van der Waals surface area contributed by atoms with Gasteiger partial charge in [0.1, 0.15) is 0 Å². The highest BCUT2D eigenvalue weighted by atomic mass is 16.2. The summed E-state index contributed by atoms with van der Waals surface area (Å²) >= 11 is 0. The maximum absolute atomic E-state index is 12.8. The Labute approximate surface area is 165 Å². The zero-order valence-corrected chi connectivity index (χ0v) is 16.3. The van der Waals surface area contributed by atoms with Crippen molar-refractivity contribution < 1.29 is 9.59 Å². The largest absolute Gasteiger partial charge is 0.325 e. The van der Waals surface area contributed by atoms with E-state index in [4.69, 9.17) is 0 Å². The summed E-state index contributed by atoms with van der Waals surface area (Å²) in [6.45, 7) is 4.87. The minimum atomic E-state index is -0.0586. The van der Waals surface area contributed by atoms with E-state index in [1.165, 1.54) is 5.56 Å². The normalized spacial score (nSPS) is 12.6. The fraction of sp³-hybridized carbons (Fsp3) is 0.250. The summed E-state index contributed by atoms with van der Waals surface area (Å²) in [7, 11) is 0. The number of carbonyl (C=O) groups excluding carboxylic acids is 2. The second-order valence-electron chi connectivity index (χ2n) is 7.38. The van der Waals surface area contributed by atoms with Gasteiger partial charge in [0.05, 0.1) is 12.1 Å².